The maximum Gasteiger partial charge on any atom is 0.165 e. The molecule has 0 spiro atoms. The van der Waals surface area contributed by atoms with E-state index in [1.54, 1.807) is 6.07 Å². The summed E-state index contributed by atoms with van der Waals surface area (Å²) >= 11 is 0. The largest absolute Gasteiger partial charge is 0.494 e. The van der Waals surface area contributed by atoms with Crippen LogP contribution in [0, 0.1) is 5.82 Å². The van der Waals surface area contributed by atoms with Gasteiger partial charge in [-0.2, -0.15) is 0 Å². The molecule has 0 amide bonds. The molecule has 0 aliphatic heterocycles. The van der Waals surface area contributed by atoms with Gasteiger partial charge in [-0.25, -0.2) is 4.39 Å². The molecule has 0 fully saturated rings. The molecule has 1 N–H and O–H groups in total. The number of hydrogen-bond acceptors (Lipinski definition) is 3. The molecular weight excluding hydrogens is 221 g/mol. The Hall–Kier alpha value is -1.13. The lowest BCUT2D eigenvalue weighted by atomic mass is 10.0. The summed E-state index contributed by atoms with van der Waals surface area (Å²) < 4.78 is 18.4. The fraction of sp³-hybridized carbons (Fsp3) is 0.538. The van der Waals surface area contributed by atoms with Crippen molar-refractivity contribution < 1.29 is 14.2 Å². The predicted molar refractivity (Wildman–Crippen MR) is 65.6 cm³/mol. The van der Waals surface area contributed by atoms with Crippen molar-refractivity contribution in [2.75, 3.05) is 20.8 Å². The molecule has 0 aromatic heterocycles. The summed E-state index contributed by atoms with van der Waals surface area (Å²) in [6.45, 7) is 4.51. The molecule has 4 heteroatoms. The fourth-order valence-electron chi connectivity index (χ4n) is 1.42. The van der Waals surface area contributed by atoms with Crippen molar-refractivity contribution >= 4 is 0 Å². The van der Waals surface area contributed by atoms with Crippen molar-refractivity contribution in [3.05, 3.63) is 29.6 Å². The van der Waals surface area contributed by atoms with Crippen molar-refractivity contribution in [3.63, 3.8) is 0 Å². The van der Waals surface area contributed by atoms with Crippen molar-refractivity contribution in [1.29, 1.82) is 0 Å². The van der Waals surface area contributed by atoms with Gasteiger partial charge in [0.2, 0.25) is 0 Å². The highest BCUT2D eigenvalue weighted by atomic mass is 19.1. The van der Waals surface area contributed by atoms with Crippen molar-refractivity contribution in [2.24, 2.45) is 0 Å². The van der Waals surface area contributed by atoms with Crippen LogP contribution in [0.2, 0.25) is 0 Å². The predicted octanol–water partition coefficient (Wildman–Crippen LogP) is 2.04. The fourth-order valence-corrected chi connectivity index (χ4v) is 1.42. The van der Waals surface area contributed by atoms with Gasteiger partial charge in [0.05, 0.1) is 13.7 Å². The third-order valence-electron chi connectivity index (χ3n) is 3.06. The van der Waals surface area contributed by atoms with Crippen LogP contribution < -0.4 is 4.74 Å². The first-order chi connectivity index (χ1) is 7.90. The van der Waals surface area contributed by atoms with Crippen LogP contribution in [0.25, 0.3) is 0 Å². The highest BCUT2D eigenvalue weighted by Crippen LogP contribution is 2.20. The lowest BCUT2D eigenvalue weighted by molar-refractivity contribution is 0.0733. The molecule has 1 aromatic rings. The summed E-state index contributed by atoms with van der Waals surface area (Å²) in [5.74, 6) is -0.113. The number of likely N-dealkylation sites (N-methyl/N-ethyl adjacent to an activating group) is 1. The molecule has 1 rings (SSSR count). The lowest BCUT2D eigenvalue weighted by Crippen LogP contribution is -2.43. The average Bonchev–Trinajstić information content (AvgIpc) is 2.29. The first-order valence-electron chi connectivity index (χ1n) is 5.55. The normalized spacial score (nSPS) is 11.9. The highest BCUT2D eigenvalue weighted by Gasteiger charge is 2.22. The second-order valence-electron chi connectivity index (χ2n) is 4.80. The van der Waals surface area contributed by atoms with Crippen LogP contribution in [-0.2, 0) is 6.54 Å². The van der Waals surface area contributed by atoms with Gasteiger partial charge in [-0.3, -0.25) is 4.90 Å². The summed E-state index contributed by atoms with van der Waals surface area (Å²) in [6, 6.07) is 4.90. The van der Waals surface area contributed by atoms with Gasteiger partial charge in [-0.05, 0) is 38.6 Å². The summed E-state index contributed by atoms with van der Waals surface area (Å²) in [7, 11) is 3.34. The molecular formula is C13H20FNO2. The molecule has 0 saturated carbocycles. The van der Waals surface area contributed by atoms with Crippen molar-refractivity contribution in [1.82, 2.24) is 4.90 Å². The molecule has 0 aliphatic rings. The Morgan fingerprint density at radius 1 is 1.41 bits per heavy atom. The Bertz CT molecular complexity index is 380. The lowest BCUT2D eigenvalue weighted by Gasteiger charge is -2.33. The van der Waals surface area contributed by atoms with Crippen LogP contribution in [-0.4, -0.2) is 36.3 Å². The van der Waals surface area contributed by atoms with Crippen LogP contribution in [0.15, 0.2) is 18.2 Å². The van der Waals surface area contributed by atoms with E-state index >= 15 is 0 Å². The van der Waals surface area contributed by atoms with Gasteiger partial charge in [0.1, 0.15) is 0 Å². The minimum atomic E-state index is -0.361. The number of halogens is 1. The van der Waals surface area contributed by atoms with Crippen LogP contribution in [0.5, 0.6) is 5.75 Å². The van der Waals surface area contributed by atoms with E-state index in [4.69, 9.17) is 4.74 Å². The molecule has 0 heterocycles. The monoisotopic (exact) mass is 241 g/mol. The molecule has 96 valence electrons. The van der Waals surface area contributed by atoms with E-state index < -0.39 is 0 Å². The van der Waals surface area contributed by atoms with E-state index in [1.807, 2.05) is 31.9 Å². The first kappa shape index (κ1) is 13.9. The third-order valence-corrected chi connectivity index (χ3v) is 3.06. The van der Waals surface area contributed by atoms with E-state index in [0.29, 0.717) is 6.54 Å². The third kappa shape index (κ3) is 3.41. The molecule has 17 heavy (non-hydrogen) atoms. The van der Waals surface area contributed by atoms with Gasteiger partial charge >= 0.3 is 0 Å². The van der Waals surface area contributed by atoms with Crippen LogP contribution in [0.4, 0.5) is 4.39 Å². The molecule has 1 aromatic carbocycles. The molecule has 3 nitrogen and oxygen atoms in total. The molecule has 0 bridgehead atoms. The molecule has 0 radical (unpaired) electrons. The first-order valence-corrected chi connectivity index (χ1v) is 5.55. The van der Waals surface area contributed by atoms with Gasteiger partial charge in [-0.1, -0.05) is 6.07 Å². The van der Waals surface area contributed by atoms with Gasteiger partial charge in [0.15, 0.2) is 11.6 Å². The second-order valence-corrected chi connectivity index (χ2v) is 4.80. The summed E-state index contributed by atoms with van der Waals surface area (Å²) in [5.41, 5.74) is 0.531. The Morgan fingerprint density at radius 3 is 2.53 bits per heavy atom. The van der Waals surface area contributed by atoms with Gasteiger partial charge in [-0.15, -0.1) is 0 Å². The van der Waals surface area contributed by atoms with Gasteiger partial charge < -0.3 is 9.84 Å². The van der Waals surface area contributed by atoms with Crippen molar-refractivity contribution in [2.45, 2.75) is 25.9 Å². The Kier molecular flexibility index (Phi) is 4.48. The molecule has 0 atom stereocenters. The van der Waals surface area contributed by atoms with Gasteiger partial charge in [0.25, 0.3) is 0 Å². The highest BCUT2D eigenvalue weighted by molar-refractivity contribution is 5.29. The Labute approximate surface area is 102 Å². The summed E-state index contributed by atoms with van der Waals surface area (Å²) in [5, 5.41) is 9.24. The number of benzene rings is 1. The minimum absolute atomic E-state index is 0.0577. The number of nitrogens with zero attached hydrogens (tertiary/aromatic N) is 1. The number of aliphatic hydroxyl groups excluding tert-OH is 1. The zero-order valence-corrected chi connectivity index (χ0v) is 10.8. The number of rotatable bonds is 5. The number of aliphatic hydroxyl groups is 1. The van der Waals surface area contributed by atoms with E-state index in [-0.39, 0.29) is 23.7 Å². The van der Waals surface area contributed by atoms with Crippen LogP contribution in [0.3, 0.4) is 0 Å². The zero-order chi connectivity index (χ0) is 13.1. The minimum Gasteiger partial charge on any atom is -0.494 e. The molecule has 0 saturated heterocycles. The van der Waals surface area contributed by atoms with E-state index in [2.05, 4.69) is 0 Å². The molecule has 0 aliphatic carbocycles. The number of methoxy groups -OCH3 is 1. The van der Waals surface area contributed by atoms with E-state index in [0.717, 1.165) is 5.56 Å². The number of hydrogen-bond donors (Lipinski definition) is 1. The SMILES string of the molecule is COc1ccc(CN(C)C(C)(C)CO)cc1F. The average molecular weight is 241 g/mol. The van der Waals surface area contributed by atoms with Crippen LogP contribution >= 0.6 is 0 Å². The molecule has 0 unspecified atom stereocenters. The van der Waals surface area contributed by atoms with Gasteiger partial charge in [0, 0.05) is 12.1 Å². The van der Waals surface area contributed by atoms with E-state index in [9.17, 15) is 9.50 Å². The van der Waals surface area contributed by atoms with Crippen molar-refractivity contribution in [3.8, 4) is 5.75 Å². The second kappa shape index (κ2) is 5.47. The Morgan fingerprint density at radius 2 is 2.06 bits per heavy atom. The number of ether oxygens (including phenoxy) is 1. The maximum atomic E-state index is 13.5. The van der Waals surface area contributed by atoms with E-state index in [1.165, 1.54) is 13.2 Å². The summed E-state index contributed by atoms with van der Waals surface area (Å²) in [4.78, 5) is 1.98. The Balaban J connectivity index is 2.79. The summed E-state index contributed by atoms with van der Waals surface area (Å²) in [6.07, 6.45) is 0. The smallest absolute Gasteiger partial charge is 0.165 e. The topological polar surface area (TPSA) is 32.7 Å². The quantitative estimate of drug-likeness (QED) is 0.856. The zero-order valence-electron chi connectivity index (χ0n) is 10.8. The standard InChI is InChI=1S/C13H20FNO2/c1-13(2,9-16)15(3)8-10-5-6-12(17-4)11(14)7-10/h5-7,16H,8-9H2,1-4H3. The maximum absolute atomic E-state index is 13.5. The van der Waals surface area contributed by atoms with Crippen LogP contribution in [0.1, 0.15) is 19.4 Å².